The second-order valence-electron chi connectivity index (χ2n) is 10.8. The van der Waals surface area contributed by atoms with Gasteiger partial charge in [-0.05, 0) is 48.8 Å². The summed E-state index contributed by atoms with van der Waals surface area (Å²) >= 11 is 0. The van der Waals surface area contributed by atoms with Gasteiger partial charge >= 0.3 is 0 Å². The van der Waals surface area contributed by atoms with Crippen molar-refractivity contribution >= 4 is 5.78 Å². The van der Waals surface area contributed by atoms with Crippen LogP contribution in [0.2, 0.25) is 0 Å². The van der Waals surface area contributed by atoms with Crippen LogP contribution < -0.4 is 10.6 Å². The molecule has 0 saturated carbocycles. The normalized spacial score (nSPS) is 13.3. The van der Waals surface area contributed by atoms with E-state index in [4.69, 9.17) is 0 Å². The number of hydrogen-bond donors (Lipinski definition) is 2. The second-order valence-corrected chi connectivity index (χ2v) is 10.8. The summed E-state index contributed by atoms with van der Waals surface area (Å²) in [7, 11) is 0. The van der Waals surface area contributed by atoms with E-state index < -0.39 is 0 Å². The fourth-order valence-electron chi connectivity index (χ4n) is 4.32. The van der Waals surface area contributed by atoms with Crippen LogP contribution in [-0.2, 0) is 12.8 Å². The van der Waals surface area contributed by atoms with Crippen molar-refractivity contribution < 1.29 is 4.79 Å². The van der Waals surface area contributed by atoms with Crippen LogP contribution in [0, 0.1) is 5.41 Å². The van der Waals surface area contributed by atoms with Crippen LogP contribution in [-0.4, -0.2) is 31.0 Å². The number of carbonyl (C=O) groups is 1. The summed E-state index contributed by atoms with van der Waals surface area (Å²) in [6.45, 7) is 8.74. The van der Waals surface area contributed by atoms with E-state index >= 15 is 0 Å². The number of carbonyl (C=O) groups excluding carboxylic acids is 1. The third kappa shape index (κ3) is 10.6. The summed E-state index contributed by atoms with van der Waals surface area (Å²) in [6.07, 6.45) is 4.41. The molecular formula is C32H42N2O. The standard InChI is InChI=1S/C32H42N2O/c1-32(2,3)21-22-33-30(24-27-15-9-5-10-16-27)25-34-29(23-26-13-7-4-8-14-26)19-20-31(35)28-17-11-6-12-18-28/h4-18,29-30,33-34H,19-25H2,1-3H3/t29-,30+/m1/s1. The van der Waals surface area contributed by atoms with Gasteiger partial charge in [-0.25, -0.2) is 0 Å². The highest BCUT2D eigenvalue weighted by atomic mass is 16.1. The van der Waals surface area contributed by atoms with Gasteiger partial charge < -0.3 is 10.6 Å². The number of ketones is 1. The van der Waals surface area contributed by atoms with Gasteiger partial charge in [-0.1, -0.05) is 112 Å². The fraction of sp³-hybridized carbons (Fsp3) is 0.406. The molecule has 35 heavy (non-hydrogen) atoms. The van der Waals surface area contributed by atoms with Gasteiger partial charge in [0.2, 0.25) is 0 Å². The van der Waals surface area contributed by atoms with Crippen LogP contribution in [0.4, 0.5) is 0 Å². The van der Waals surface area contributed by atoms with Gasteiger partial charge in [-0.3, -0.25) is 4.79 Å². The van der Waals surface area contributed by atoms with Gasteiger partial charge in [-0.2, -0.15) is 0 Å². The lowest BCUT2D eigenvalue weighted by Crippen LogP contribution is -2.45. The first-order valence-electron chi connectivity index (χ1n) is 13.0. The Balaban J connectivity index is 1.64. The van der Waals surface area contributed by atoms with E-state index in [0.29, 0.717) is 17.9 Å². The minimum atomic E-state index is 0.217. The quantitative estimate of drug-likeness (QED) is 0.265. The van der Waals surface area contributed by atoms with Crippen LogP contribution in [0.1, 0.15) is 61.5 Å². The predicted octanol–water partition coefficient (Wildman–Crippen LogP) is 6.49. The Morgan fingerprint density at radius 3 is 1.77 bits per heavy atom. The van der Waals surface area contributed by atoms with Gasteiger partial charge in [-0.15, -0.1) is 0 Å². The molecule has 186 valence electrons. The van der Waals surface area contributed by atoms with Crippen LogP contribution >= 0.6 is 0 Å². The van der Waals surface area contributed by atoms with Crippen molar-refractivity contribution in [3.05, 3.63) is 108 Å². The highest BCUT2D eigenvalue weighted by molar-refractivity contribution is 5.95. The molecule has 0 amide bonds. The Hall–Kier alpha value is -2.75. The van der Waals surface area contributed by atoms with Crippen molar-refractivity contribution in [1.29, 1.82) is 0 Å². The highest BCUT2D eigenvalue weighted by Crippen LogP contribution is 2.17. The Morgan fingerprint density at radius 2 is 1.23 bits per heavy atom. The number of Topliss-reactive ketones (excluding diaryl/α,β-unsaturated/α-hetero) is 1. The van der Waals surface area contributed by atoms with Gasteiger partial charge in [0, 0.05) is 30.6 Å². The molecule has 0 fully saturated rings. The molecule has 0 radical (unpaired) electrons. The molecule has 3 nitrogen and oxygen atoms in total. The van der Waals surface area contributed by atoms with E-state index in [1.807, 2.05) is 30.3 Å². The molecule has 3 rings (SSSR count). The number of hydrogen-bond acceptors (Lipinski definition) is 3. The molecule has 0 aliphatic heterocycles. The molecule has 0 unspecified atom stereocenters. The van der Waals surface area contributed by atoms with Gasteiger partial charge in [0.1, 0.15) is 0 Å². The van der Waals surface area contributed by atoms with Crippen molar-refractivity contribution in [1.82, 2.24) is 10.6 Å². The monoisotopic (exact) mass is 470 g/mol. The molecule has 0 spiro atoms. The number of nitrogens with one attached hydrogen (secondary N) is 2. The van der Waals surface area contributed by atoms with Gasteiger partial charge in [0.05, 0.1) is 0 Å². The Kier molecular flexibility index (Phi) is 10.7. The van der Waals surface area contributed by atoms with Crippen LogP contribution in [0.15, 0.2) is 91.0 Å². The zero-order valence-corrected chi connectivity index (χ0v) is 21.7. The summed E-state index contributed by atoms with van der Waals surface area (Å²) in [6, 6.07) is 31.5. The van der Waals surface area contributed by atoms with Gasteiger partial charge in [0.15, 0.2) is 5.78 Å². The highest BCUT2D eigenvalue weighted by Gasteiger charge is 2.17. The summed E-state index contributed by atoms with van der Waals surface area (Å²) in [5.41, 5.74) is 3.77. The van der Waals surface area contributed by atoms with Crippen molar-refractivity contribution in [2.75, 3.05) is 13.1 Å². The molecule has 0 saturated heterocycles. The van der Waals surface area contributed by atoms with Crippen molar-refractivity contribution in [2.45, 2.75) is 65.0 Å². The Labute approximate surface area is 212 Å². The van der Waals surface area contributed by atoms with Crippen molar-refractivity contribution in [2.24, 2.45) is 5.41 Å². The predicted molar refractivity (Wildman–Crippen MR) is 148 cm³/mol. The fourth-order valence-corrected chi connectivity index (χ4v) is 4.32. The first-order valence-corrected chi connectivity index (χ1v) is 13.0. The molecule has 0 aliphatic carbocycles. The molecular weight excluding hydrogens is 428 g/mol. The maximum atomic E-state index is 12.8. The first kappa shape index (κ1) is 26.8. The molecule has 0 bridgehead atoms. The summed E-state index contributed by atoms with van der Waals surface area (Å²) < 4.78 is 0. The van der Waals surface area contributed by atoms with E-state index in [0.717, 1.165) is 44.3 Å². The maximum absolute atomic E-state index is 12.8. The molecule has 2 N–H and O–H groups in total. The van der Waals surface area contributed by atoms with Crippen molar-refractivity contribution in [3.63, 3.8) is 0 Å². The van der Waals surface area contributed by atoms with Crippen LogP contribution in [0.3, 0.4) is 0 Å². The lowest BCUT2D eigenvalue weighted by Gasteiger charge is -2.26. The smallest absolute Gasteiger partial charge is 0.162 e. The largest absolute Gasteiger partial charge is 0.312 e. The average molecular weight is 471 g/mol. The third-order valence-electron chi connectivity index (χ3n) is 6.43. The lowest BCUT2D eigenvalue weighted by atomic mass is 9.92. The van der Waals surface area contributed by atoms with Crippen LogP contribution in [0.5, 0.6) is 0 Å². The van der Waals surface area contributed by atoms with Crippen molar-refractivity contribution in [3.8, 4) is 0 Å². The minimum absolute atomic E-state index is 0.217. The zero-order chi connectivity index (χ0) is 24.9. The number of benzene rings is 3. The second kappa shape index (κ2) is 14.0. The minimum Gasteiger partial charge on any atom is -0.312 e. The molecule has 3 aromatic rings. The third-order valence-corrected chi connectivity index (χ3v) is 6.43. The number of rotatable bonds is 14. The SMILES string of the molecule is CC(C)(C)CCN[C@H](CN[C@H](CCC(=O)c1ccccc1)Cc1ccccc1)Cc1ccccc1. The van der Waals surface area contributed by atoms with Crippen LogP contribution in [0.25, 0.3) is 0 Å². The van der Waals surface area contributed by atoms with E-state index in [-0.39, 0.29) is 11.8 Å². The summed E-state index contributed by atoms with van der Waals surface area (Å²) in [5.74, 6) is 0.217. The molecule has 3 aromatic carbocycles. The molecule has 3 heteroatoms. The molecule has 2 atom stereocenters. The first-order chi connectivity index (χ1) is 16.9. The van der Waals surface area contributed by atoms with E-state index in [1.165, 1.54) is 11.1 Å². The van der Waals surface area contributed by atoms with Gasteiger partial charge in [0.25, 0.3) is 0 Å². The Morgan fingerprint density at radius 1 is 0.714 bits per heavy atom. The average Bonchev–Trinajstić information content (AvgIpc) is 2.86. The zero-order valence-electron chi connectivity index (χ0n) is 21.7. The lowest BCUT2D eigenvalue weighted by molar-refractivity contribution is 0.0975. The van der Waals surface area contributed by atoms with E-state index in [2.05, 4.69) is 92.1 Å². The molecule has 0 heterocycles. The van der Waals surface area contributed by atoms with E-state index in [1.54, 1.807) is 0 Å². The Bertz CT molecular complexity index is 980. The molecule has 0 aliphatic rings. The topological polar surface area (TPSA) is 41.1 Å². The summed E-state index contributed by atoms with van der Waals surface area (Å²) in [4.78, 5) is 12.8. The van der Waals surface area contributed by atoms with E-state index in [9.17, 15) is 4.79 Å². The summed E-state index contributed by atoms with van der Waals surface area (Å²) in [5, 5.41) is 7.63. The maximum Gasteiger partial charge on any atom is 0.162 e. The molecule has 0 aromatic heterocycles.